The lowest BCUT2D eigenvalue weighted by atomic mass is 10.0. The molecule has 0 spiro atoms. The van der Waals surface area contributed by atoms with Gasteiger partial charge in [0.2, 0.25) is 0 Å². The summed E-state index contributed by atoms with van der Waals surface area (Å²) in [4.78, 5) is 16.4. The van der Waals surface area contributed by atoms with E-state index in [-0.39, 0.29) is 11.7 Å². The van der Waals surface area contributed by atoms with Gasteiger partial charge in [0.1, 0.15) is 11.6 Å². The van der Waals surface area contributed by atoms with Crippen LogP contribution >= 0.6 is 11.3 Å². The van der Waals surface area contributed by atoms with Gasteiger partial charge in [0.05, 0.1) is 10.2 Å². The highest BCUT2D eigenvalue weighted by atomic mass is 32.1. The number of fused-ring (bicyclic) bond motifs is 1. The molecule has 1 fully saturated rings. The maximum atomic E-state index is 13.8. The Labute approximate surface area is 170 Å². The van der Waals surface area contributed by atoms with Crippen LogP contribution in [0.5, 0.6) is 0 Å². The number of rotatable bonds is 5. The summed E-state index contributed by atoms with van der Waals surface area (Å²) in [6.07, 6.45) is 2.01. The molecule has 4 aromatic rings. The fourth-order valence-electron chi connectivity index (χ4n) is 3.29. The summed E-state index contributed by atoms with van der Waals surface area (Å²) in [6.45, 7) is 0. The second kappa shape index (κ2) is 7.04. The molecule has 0 saturated heterocycles. The molecule has 0 radical (unpaired) electrons. The van der Waals surface area contributed by atoms with E-state index in [2.05, 4.69) is 10.3 Å². The Hall–Kier alpha value is -3.12. The Morgan fingerprint density at radius 1 is 0.966 bits per heavy atom. The number of halogens is 2. The van der Waals surface area contributed by atoms with Crippen LogP contribution in [0.25, 0.3) is 21.3 Å². The number of nitrogens with one attached hydrogen (secondary N) is 1. The monoisotopic (exact) mass is 406 g/mol. The largest absolute Gasteiger partial charge is 0.332 e. The molecule has 1 saturated carbocycles. The van der Waals surface area contributed by atoms with Crippen LogP contribution in [0.3, 0.4) is 0 Å². The maximum absolute atomic E-state index is 13.8. The van der Waals surface area contributed by atoms with Gasteiger partial charge in [-0.05, 0) is 36.1 Å². The molecule has 1 heterocycles. The van der Waals surface area contributed by atoms with Gasteiger partial charge in [0, 0.05) is 29.3 Å². The summed E-state index contributed by atoms with van der Waals surface area (Å²) in [5.74, 6) is -0.785. The molecule has 1 aliphatic carbocycles. The molecule has 3 nitrogen and oxygen atoms in total. The molecule has 0 amide bonds. The molecular formula is C23H16F2N2OS. The Bertz CT molecular complexity index is 1210. The smallest absolute Gasteiger partial charge is 0.188 e. The number of Topliss-reactive ketones (excluding diaryl/α,β-unsaturated/α-hetero) is 1. The van der Waals surface area contributed by atoms with Crippen molar-refractivity contribution in [1.29, 1.82) is 0 Å². The van der Waals surface area contributed by atoms with Crippen LogP contribution in [-0.4, -0.2) is 10.8 Å². The number of ketones is 1. The molecule has 1 aromatic heterocycles. The summed E-state index contributed by atoms with van der Waals surface area (Å²) in [5.41, 5.74) is 3.93. The van der Waals surface area contributed by atoms with Crippen molar-refractivity contribution in [3.63, 3.8) is 0 Å². The van der Waals surface area contributed by atoms with Gasteiger partial charge >= 0.3 is 0 Å². The lowest BCUT2D eigenvalue weighted by Crippen LogP contribution is -2.00. The van der Waals surface area contributed by atoms with Crippen LogP contribution in [0.4, 0.5) is 19.6 Å². The zero-order valence-corrected chi connectivity index (χ0v) is 16.1. The minimum absolute atomic E-state index is 0.221. The third kappa shape index (κ3) is 3.63. The summed E-state index contributed by atoms with van der Waals surface area (Å²) >= 11 is 1.14. The molecule has 0 atom stereocenters. The van der Waals surface area contributed by atoms with Crippen LogP contribution in [0.2, 0.25) is 0 Å². The van der Waals surface area contributed by atoms with Crippen molar-refractivity contribution in [3.8, 4) is 11.1 Å². The number of carbonyl (C=O) groups excluding carboxylic acids is 1. The lowest BCUT2D eigenvalue weighted by Gasteiger charge is -2.06. The molecule has 1 N–H and O–H groups in total. The zero-order chi connectivity index (χ0) is 20.0. The van der Waals surface area contributed by atoms with E-state index in [9.17, 15) is 13.6 Å². The zero-order valence-electron chi connectivity index (χ0n) is 15.3. The first-order valence-electron chi connectivity index (χ1n) is 9.34. The van der Waals surface area contributed by atoms with Crippen LogP contribution in [0.15, 0.2) is 60.7 Å². The van der Waals surface area contributed by atoms with Crippen molar-refractivity contribution >= 4 is 38.2 Å². The maximum Gasteiger partial charge on any atom is 0.188 e. The Kier molecular flexibility index (Phi) is 4.36. The van der Waals surface area contributed by atoms with Crippen LogP contribution in [-0.2, 0) is 0 Å². The molecule has 3 aromatic carbocycles. The SMILES string of the molecule is O=C(c1ccc(-c2ccc(Nc3nc4cc(F)cc(F)c4s3)cc2)cc1)C1CC1. The molecule has 144 valence electrons. The van der Waals surface area contributed by atoms with Crippen molar-refractivity contribution in [2.24, 2.45) is 5.92 Å². The summed E-state index contributed by atoms with van der Waals surface area (Å²) in [6, 6.07) is 17.5. The van der Waals surface area contributed by atoms with Gasteiger partial charge in [-0.15, -0.1) is 0 Å². The average molecular weight is 406 g/mol. The number of hydrogen-bond donors (Lipinski definition) is 1. The highest BCUT2D eigenvalue weighted by molar-refractivity contribution is 7.22. The molecule has 6 heteroatoms. The lowest BCUT2D eigenvalue weighted by molar-refractivity contribution is 0.0967. The summed E-state index contributed by atoms with van der Waals surface area (Å²) < 4.78 is 27.5. The molecule has 1 aliphatic rings. The van der Waals surface area contributed by atoms with E-state index in [1.165, 1.54) is 6.07 Å². The van der Waals surface area contributed by atoms with Crippen molar-refractivity contribution in [1.82, 2.24) is 4.98 Å². The molecular weight excluding hydrogens is 390 g/mol. The Balaban J connectivity index is 1.33. The molecule has 0 aliphatic heterocycles. The van der Waals surface area contributed by atoms with E-state index >= 15 is 0 Å². The van der Waals surface area contributed by atoms with E-state index in [1.807, 2.05) is 48.5 Å². The fourth-order valence-corrected chi connectivity index (χ4v) is 4.16. The second-order valence-electron chi connectivity index (χ2n) is 7.17. The van der Waals surface area contributed by atoms with Crippen LogP contribution < -0.4 is 5.32 Å². The van der Waals surface area contributed by atoms with E-state index < -0.39 is 11.6 Å². The highest BCUT2D eigenvalue weighted by Gasteiger charge is 2.30. The van der Waals surface area contributed by atoms with Gasteiger partial charge in [-0.2, -0.15) is 0 Å². The number of anilines is 2. The Morgan fingerprint density at radius 2 is 1.62 bits per heavy atom. The van der Waals surface area contributed by atoms with E-state index in [0.29, 0.717) is 15.3 Å². The van der Waals surface area contributed by atoms with E-state index in [0.717, 1.165) is 52.6 Å². The minimum atomic E-state index is -0.638. The third-order valence-corrected chi connectivity index (χ3v) is 5.99. The van der Waals surface area contributed by atoms with Gasteiger partial charge in [-0.25, -0.2) is 13.8 Å². The van der Waals surface area contributed by atoms with Crippen molar-refractivity contribution < 1.29 is 13.6 Å². The van der Waals surface area contributed by atoms with Gasteiger partial charge < -0.3 is 5.32 Å². The molecule has 0 bridgehead atoms. The first-order chi connectivity index (χ1) is 14.1. The fraction of sp³-hybridized carbons (Fsp3) is 0.130. The van der Waals surface area contributed by atoms with Gasteiger partial charge in [0.15, 0.2) is 10.9 Å². The third-order valence-electron chi connectivity index (χ3n) is 5.00. The molecule has 29 heavy (non-hydrogen) atoms. The number of hydrogen-bond acceptors (Lipinski definition) is 4. The topological polar surface area (TPSA) is 42.0 Å². The van der Waals surface area contributed by atoms with Gasteiger partial charge in [0.25, 0.3) is 0 Å². The van der Waals surface area contributed by atoms with E-state index in [4.69, 9.17) is 0 Å². The number of carbonyl (C=O) groups is 1. The van der Waals surface area contributed by atoms with Crippen LogP contribution in [0, 0.1) is 17.6 Å². The van der Waals surface area contributed by atoms with Crippen molar-refractivity contribution in [2.75, 3.05) is 5.32 Å². The second-order valence-corrected chi connectivity index (χ2v) is 8.17. The number of nitrogens with zero attached hydrogens (tertiary/aromatic N) is 1. The quantitative estimate of drug-likeness (QED) is 0.381. The highest BCUT2D eigenvalue weighted by Crippen LogP contribution is 2.34. The summed E-state index contributed by atoms with van der Waals surface area (Å²) in [5, 5.41) is 3.64. The van der Waals surface area contributed by atoms with Crippen LogP contribution in [0.1, 0.15) is 23.2 Å². The first-order valence-corrected chi connectivity index (χ1v) is 10.2. The number of thiazole rings is 1. The Morgan fingerprint density at radius 3 is 2.28 bits per heavy atom. The normalized spacial score (nSPS) is 13.6. The van der Waals surface area contributed by atoms with Gasteiger partial charge in [-0.1, -0.05) is 47.7 Å². The van der Waals surface area contributed by atoms with Gasteiger partial charge in [-0.3, -0.25) is 4.79 Å². The standard InChI is InChI=1S/C23H16F2N2OS/c24-17-11-19(25)22-20(12-17)27-23(29-22)26-18-9-7-14(8-10-18)13-1-3-15(4-2-13)21(28)16-5-6-16/h1-4,7-12,16H,5-6H2,(H,26,27). The van der Waals surface area contributed by atoms with Crippen molar-refractivity contribution in [2.45, 2.75) is 12.8 Å². The molecule has 0 unspecified atom stereocenters. The number of aromatic nitrogens is 1. The average Bonchev–Trinajstić information content (AvgIpc) is 3.49. The van der Waals surface area contributed by atoms with E-state index in [1.54, 1.807) is 0 Å². The first kappa shape index (κ1) is 17.9. The summed E-state index contributed by atoms with van der Waals surface area (Å²) in [7, 11) is 0. The minimum Gasteiger partial charge on any atom is -0.332 e. The number of benzene rings is 3. The molecule has 5 rings (SSSR count). The van der Waals surface area contributed by atoms with Crippen molar-refractivity contribution in [3.05, 3.63) is 77.9 Å². The predicted octanol–water partition coefficient (Wildman–Crippen LogP) is 6.58. The predicted molar refractivity (Wildman–Crippen MR) is 112 cm³/mol.